The highest BCUT2D eigenvalue weighted by molar-refractivity contribution is 5.67. The van der Waals surface area contributed by atoms with E-state index >= 15 is 0 Å². The van der Waals surface area contributed by atoms with Gasteiger partial charge in [0.05, 0.1) is 12.2 Å². The fraction of sp³-hybridized carbons (Fsp3) is 0.923. The molecule has 0 aromatic heterocycles. The van der Waals surface area contributed by atoms with Gasteiger partial charge in [-0.05, 0) is 40.5 Å². The van der Waals surface area contributed by atoms with Gasteiger partial charge in [0.2, 0.25) is 0 Å². The Morgan fingerprint density at radius 3 is 2.61 bits per heavy atom. The largest absolute Gasteiger partial charge is 0.444 e. The first kappa shape index (κ1) is 15.2. The van der Waals surface area contributed by atoms with Crippen molar-refractivity contribution in [1.29, 1.82) is 0 Å². The summed E-state index contributed by atoms with van der Waals surface area (Å²) in [6.07, 6.45) is 1.37. The van der Waals surface area contributed by atoms with Crippen molar-refractivity contribution in [3.05, 3.63) is 0 Å². The summed E-state index contributed by atoms with van der Waals surface area (Å²) in [6.45, 7) is 8.62. The van der Waals surface area contributed by atoms with Crippen molar-refractivity contribution in [3.8, 4) is 0 Å². The second-order valence-electron chi connectivity index (χ2n) is 6.13. The molecule has 5 nitrogen and oxygen atoms in total. The van der Waals surface area contributed by atoms with Gasteiger partial charge < -0.3 is 19.9 Å². The van der Waals surface area contributed by atoms with Gasteiger partial charge >= 0.3 is 6.09 Å². The molecule has 0 saturated carbocycles. The smallest absolute Gasteiger partial charge is 0.407 e. The van der Waals surface area contributed by atoms with Crippen LogP contribution in [0.3, 0.4) is 0 Å². The summed E-state index contributed by atoms with van der Waals surface area (Å²) in [5.74, 6) is 0.0567. The Balaban J connectivity index is 2.38. The highest BCUT2D eigenvalue weighted by Crippen LogP contribution is 2.25. The number of nitrogens with one attached hydrogen (secondary N) is 1. The van der Waals surface area contributed by atoms with E-state index in [1.54, 1.807) is 27.7 Å². The summed E-state index contributed by atoms with van der Waals surface area (Å²) in [7, 11) is 0. The molecule has 0 radical (unpaired) electrons. The lowest BCUT2D eigenvalue weighted by Crippen LogP contribution is -2.49. The third-order valence-corrected chi connectivity index (χ3v) is 3.03. The topological polar surface area (TPSA) is 67.8 Å². The van der Waals surface area contributed by atoms with Gasteiger partial charge in [0.15, 0.2) is 0 Å². The molecule has 1 aliphatic heterocycles. The van der Waals surface area contributed by atoms with Gasteiger partial charge in [-0.25, -0.2) is 4.79 Å². The second-order valence-corrected chi connectivity index (χ2v) is 6.13. The van der Waals surface area contributed by atoms with Crippen molar-refractivity contribution >= 4 is 6.09 Å². The molecule has 2 atom stereocenters. The number of ether oxygens (including phenoxy) is 2. The maximum absolute atomic E-state index is 11.5. The predicted molar refractivity (Wildman–Crippen MR) is 68.4 cm³/mol. The summed E-state index contributed by atoms with van der Waals surface area (Å²) in [5.41, 5.74) is -1.48. The molecule has 0 spiro atoms. The van der Waals surface area contributed by atoms with Gasteiger partial charge in [0, 0.05) is 19.1 Å². The minimum Gasteiger partial charge on any atom is -0.444 e. The van der Waals surface area contributed by atoms with Gasteiger partial charge in [-0.3, -0.25) is 0 Å². The summed E-state index contributed by atoms with van der Waals surface area (Å²) in [6, 6.07) is 0. The minimum absolute atomic E-state index is 0.0567. The molecule has 1 fully saturated rings. The van der Waals surface area contributed by atoms with Crippen molar-refractivity contribution in [2.45, 2.75) is 51.7 Å². The first-order valence-electron chi connectivity index (χ1n) is 6.48. The third-order valence-electron chi connectivity index (χ3n) is 3.03. The highest BCUT2D eigenvalue weighted by Gasteiger charge is 2.34. The quantitative estimate of drug-likeness (QED) is 0.809. The first-order chi connectivity index (χ1) is 8.21. The van der Waals surface area contributed by atoms with E-state index in [-0.39, 0.29) is 12.5 Å². The number of rotatable bonds is 3. The van der Waals surface area contributed by atoms with Crippen LogP contribution in [0.15, 0.2) is 0 Å². The number of aliphatic hydroxyl groups is 1. The summed E-state index contributed by atoms with van der Waals surface area (Å²) in [4.78, 5) is 11.5. The molecule has 0 aromatic rings. The van der Waals surface area contributed by atoms with Crippen LogP contribution in [-0.4, -0.2) is 42.2 Å². The van der Waals surface area contributed by atoms with Crippen molar-refractivity contribution in [2.24, 2.45) is 5.92 Å². The second kappa shape index (κ2) is 5.89. The van der Waals surface area contributed by atoms with Crippen LogP contribution in [0.4, 0.5) is 4.79 Å². The Hall–Kier alpha value is -0.810. The summed E-state index contributed by atoms with van der Waals surface area (Å²) in [5, 5.41) is 12.9. The zero-order valence-electron chi connectivity index (χ0n) is 11.8. The van der Waals surface area contributed by atoms with E-state index in [1.165, 1.54) is 0 Å². The number of amides is 1. The van der Waals surface area contributed by atoms with Gasteiger partial charge in [-0.15, -0.1) is 0 Å². The van der Waals surface area contributed by atoms with Crippen LogP contribution in [0.5, 0.6) is 0 Å². The average Bonchev–Trinajstić information content (AvgIpc) is 2.26. The molecular formula is C13H25NO4. The Morgan fingerprint density at radius 1 is 1.44 bits per heavy atom. The lowest BCUT2D eigenvalue weighted by Gasteiger charge is -2.35. The first-order valence-corrected chi connectivity index (χ1v) is 6.48. The molecule has 1 aliphatic rings. The number of alkyl carbamates (subject to hydrolysis) is 1. The molecule has 0 aromatic carbocycles. The standard InChI is InChI=1S/C13H25NO4/c1-12(2,3)18-11(15)14-9-13(4,16)10-6-5-7-17-8-10/h10,16H,5-9H2,1-4H3,(H,14,15). The number of carbonyl (C=O) groups excluding carboxylic acids is 1. The van der Waals surface area contributed by atoms with E-state index < -0.39 is 17.3 Å². The van der Waals surface area contributed by atoms with Crippen LogP contribution in [0.25, 0.3) is 0 Å². The Labute approximate surface area is 109 Å². The van der Waals surface area contributed by atoms with Crippen LogP contribution < -0.4 is 5.32 Å². The van der Waals surface area contributed by atoms with Crippen LogP contribution in [0.2, 0.25) is 0 Å². The minimum atomic E-state index is -0.961. The van der Waals surface area contributed by atoms with E-state index in [9.17, 15) is 9.90 Å². The van der Waals surface area contributed by atoms with E-state index in [4.69, 9.17) is 9.47 Å². The van der Waals surface area contributed by atoms with Gasteiger partial charge in [0.25, 0.3) is 0 Å². The van der Waals surface area contributed by atoms with Crippen LogP contribution >= 0.6 is 0 Å². The molecule has 5 heteroatoms. The average molecular weight is 259 g/mol. The maximum Gasteiger partial charge on any atom is 0.407 e. The SMILES string of the molecule is CC(C)(C)OC(=O)NCC(C)(O)C1CCCOC1. The Kier molecular flexibility index (Phi) is 4.99. The number of carbonyl (C=O) groups is 1. The zero-order chi connectivity index (χ0) is 13.8. The highest BCUT2D eigenvalue weighted by atomic mass is 16.6. The molecule has 1 heterocycles. The molecule has 1 rings (SSSR count). The summed E-state index contributed by atoms with van der Waals surface area (Å²) >= 11 is 0. The number of hydrogen-bond acceptors (Lipinski definition) is 4. The Bertz CT molecular complexity index is 277. The molecule has 1 saturated heterocycles. The molecule has 0 aliphatic carbocycles. The summed E-state index contributed by atoms with van der Waals surface area (Å²) < 4.78 is 10.5. The van der Waals surface area contributed by atoms with Crippen molar-refractivity contribution in [1.82, 2.24) is 5.32 Å². The fourth-order valence-electron chi connectivity index (χ4n) is 1.94. The molecule has 18 heavy (non-hydrogen) atoms. The van der Waals surface area contributed by atoms with E-state index in [0.717, 1.165) is 19.4 Å². The lowest BCUT2D eigenvalue weighted by atomic mass is 9.85. The van der Waals surface area contributed by atoms with Gasteiger partial charge in [0.1, 0.15) is 5.60 Å². The predicted octanol–water partition coefficient (Wildman–Crippen LogP) is 1.69. The third kappa shape index (κ3) is 5.23. The Morgan fingerprint density at radius 2 is 2.11 bits per heavy atom. The van der Waals surface area contributed by atoms with Gasteiger partial charge in [-0.1, -0.05) is 0 Å². The van der Waals surface area contributed by atoms with Gasteiger partial charge in [-0.2, -0.15) is 0 Å². The lowest BCUT2D eigenvalue weighted by molar-refractivity contribution is -0.0669. The van der Waals surface area contributed by atoms with Crippen LogP contribution in [-0.2, 0) is 9.47 Å². The molecular weight excluding hydrogens is 234 g/mol. The van der Waals surface area contributed by atoms with Crippen LogP contribution in [0, 0.1) is 5.92 Å². The van der Waals surface area contributed by atoms with Crippen molar-refractivity contribution < 1.29 is 19.4 Å². The van der Waals surface area contributed by atoms with Crippen LogP contribution in [0.1, 0.15) is 40.5 Å². The van der Waals surface area contributed by atoms with Crippen molar-refractivity contribution in [2.75, 3.05) is 19.8 Å². The normalized spacial score (nSPS) is 24.2. The monoisotopic (exact) mass is 259 g/mol. The molecule has 106 valence electrons. The van der Waals surface area contributed by atoms with E-state index in [2.05, 4.69) is 5.32 Å². The van der Waals surface area contributed by atoms with Crippen molar-refractivity contribution in [3.63, 3.8) is 0 Å². The van der Waals surface area contributed by atoms with E-state index in [1.807, 2.05) is 0 Å². The number of hydrogen-bond donors (Lipinski definition) is 2. The fourth-order valence-corrected chi connectivity index (χ4v) is 1.94. The zero-order valence-corrected chi connectivity index (χ0v) is 11.8. The molecule has 0 bridgehead atoms. The molecule has 2 unspecified atom stereocenters. The maximum atomic E-state index is 11.5. The molecule has 2 N–H and O–H groups in total. The van der Waals surface area contributed by atoms with E-state index in [0.29, 0.717) is 6.61 Å². The molecule has 1 amide bonds.